The molecule has 0 aliphatic carbocycles. The van der Waals surface area contributed by atoms with E-state index in [1.54, 1.807) is 0 Å². The van der Waals surface area contributed by atoms with Gasteiger partial charge < -0.3 is 19.9 Å². The van der Waals surface area contributed by atoms with Crippen LogP contribution in [-0.4, -0.2) is 35.2 Å². The van der Waals surface area contributed by atoms with Gasteiger partial charge >= 0.3 is 0 Å². The monoisotopic (exact) mass is 421 g/mol. The lowest BCUT2D eigenvalue weighted by atomic mass is 10.0. The number of ether oxygens (including phenoxy) is 1. The van der Waals surface area contributed by atoms with Crippen LogP contribution in [0.4, 0.5) is 11.6 Å². The molecule has 2 N–H and O–H groups in total. The second-order valence-corrected chi connectivity index (χ2v) is 8.01. The van der Waals surface area contributed by atoms with Crippen LogP contribution in [0.5, 0.6) is 5.75 Å². The van der Waals surface area contributed by atoms with E-state index < -0.39 is 0 Å². The van der Waals surface area contributed by atoms with Gasteiger partial charge in [0.2, 0.25) is 5.95 Å². The number of pyridine rings is 1. The molecule has 6 heteroatoms. The molecule has 32 heavy (non-hydrogen) atoms. The molecule has 0 unspecified atom stereocenters. The first kappa shape index (κ1) is 18.7. The van der Waals surface area contributed by atoms with Crippen molar-refractivity contribution in [2.75, 3.05) is 30.4 Å². The molecule has 0 amide bonds. The fourth-order valence-corrected chi connectivity index (χ4v) is 4.44. The Hall–Kier alpha value is -4.06. The SMILES string of the molecule is CNc1nc2ccc(-c3ccc4c(c3)CN(c3ccnc5ccccc35)CCO4)cc2[nH]1. The summed E-state index contributed by atoms with van der Waals surface area (Å²) in [6.07, 6.45) is 1.89. The molecule has 6 nitrogen and oxygen atoms in total. The third kappa shape index (κ3) is 3.21. The van der Waals surface area contributed by atoms with Crippen molar-refractivity contribution >= 4 is 33.6 Å². The quantitative estimate of drug-likeness (QED) is 0.418. The van der Waals surface area contributed by atoms with Gasteiger partial charge in [-0.2, -0.15) is 0 Å². The minimum atomic E-state index is 0.649. The first-order chi connectivity index (χ1) is 15.8. The average molecular weight is 422 g/mol. The summed E-state index contributed by atoms with van der Waals surface area (Å²) in [5.74, 6) is 1.72. The number of hydrogen-bond acceptors (Lipinski definition) is 5. The van der Waals surface area contributed by atoms with Crippen LogP contribution in [0.2, 0.25) is 0 Å². The topological polar surface area (TPSA) is 66.1 Å². The Labute approximate surface area is 185 Å². The number of nitrogens with zero attached hydrogens (tertiary/aromatic N) is 3. The molecule has 5 aromatic rings. The van der Waals surface area contributed by atoms with E-state index in [0.717, 1.165) is 52.5 Å². The summed E-state index contributed by atoms with van der Waals surface area (Å²) >= 11 is 0. The van der Waals surface area contributed by atoms with Crippen LogP contribution in [0.3, 0.4) is 0 Å². The van der Waals surface area contributed by atoms with Gasteiger partial charge in [-0.1, -0.05) is 30.3 Å². The van der Waals surface area contributed by atoms with Crippen LogP contribution in [-0.2, 0) is 6.54 Å². The molecule has 1 aliphatic rings. The molecule has 6 rings (SSSR count). The maximum absolute atomic E-state index is 6.11. The highest BCUT2D eigenvalue weighted by atomic mass is 16.5. The minimum absolute atomic E-state index is 0.649. The number of rotatable bonds is 3. The number of H-pyrrole nitrogens is 1. The van der Waals surface area contributed by atoms with Gasteiger partial charge in [0.25, 0.3) is 0 Å². The third-order valence-electron chi connectivity index (χ3n) is 6.06. The molecule has 2 aromatic heterocycles. The van der Waals surface area contributed by atoms with Crippen molar-refractivity contribution in [3.05, 3.63) is 78.5 Å². The van der Waals surface area contributed by atoms with Crippen molar-refractivity contribution in [2.45, 2.75) is 6.54 Å². The van der Waals surface area contributed by atoms with Crippen LogP contribution in [0.15, 0.2) is 72.9 Å². The predicted molar refractivity (Wildman–Crippen MR) is 129 cm³/mol. The molecule has 3 aromatic carbocycles. The summed E-state index contributed by atoms with van der Waals surface area (Å²) in [6, 6.07) is 23.2. The molecular weight excluding hydrogens is 398 g/mol. The number of anilines is 2. The zero-order chi connectivity index (χ0) is 21.5. The average Bonchev–Trinajstić information content (AvgIpc) is 3.14. The summed E-state index contributed by atoms with van der Waals surface area (Å²) in [5, 5.41) is 4.23. The van der Waals surface area contributed by atoms with E-state index in [-0.39, 0.29) is 0 Å². The fraction of sp³-hybridized carbons (Fsp3) is 0.154. The van der Waals surface area contributed by atoms with Crippen LogP contribution < -0.4 is 15.0 Å². The smallest absolute Gasteiger partial charge is 0.200 e. The van der Waals surface area contributed by atoms with Crippen molar-refractivity contribution < 1.29 is 4.74 Å². The lowest BCUT2D eigenvalue weighted by Gasteiger charge is -2.23. The Balaban J connectivity index is 1.38. The lowest BCUT2D eigenvalue weighted by molar-refractivity contribution is 0.332. The van der Waals surface area contributed by atoms with Crippen LogP contribution in [0.1, 0.15) is 5.56 Å². The maximum Gasteiger partial charge on any atom is 0.200 e. The van der Waals surface area contributed by atoms with Gasteiger partial charge in [0.15, 0.2) is 0 Å². The van der Waals surface area contributed by atoms with E-state index in [4.69, 9.17) is 4.74 Å². The second kappa shape index (κ2) is 7.57. The second-order valence-electron chi connectivity index (χ2n) is 8.01. The number of aromatic nitrogens is 3. The van der Waals surface area contributed by atoms with Crippen molar-refractivity contribution in [1.82, 2.24) is 15.0 Å². The number of hydrogen-bond donors (Lipinski definition) is 2. The number of benzene rings is 3. The lowest BCUT2D eigenvalue weighted by Crippen LogP contribution is -2.25. The molecule has 0 saturated carbocycles. The molecule has 0 radical (unpaired) electrons. The first-order valence-electron chi connectivity index (χ1n) is 10.8. The zero-order valence-corrected chi connectivity index (χ0v) is 17.8. The number of nitrogens with one attached hydrogen (secondary N) is 2. The van der Waals surface area contributed by atoms with Crippen molar-refractivity contribution in [3.63, 3.8) is 0 Å². The van der Waals surface area contributed by atoms with Crippen molar-refractivity contribution in [1.29, 1.82) is 0 Å². The number of imidazole rings is 1. The Morgan fingerprint density at radius 1 is 0.969 bits per heavy atom. The van der Waals surface area contributed by atoms with E-state index >= 15 is 0 Å². The Kier molecular flexibility index (Phi) is 4.42. The van der Waals surface area contributed by atoms with E-state index in [2.05, 4.69) is 85.8 Å². The fourth-order valence-electron chi connectivity index (χ4n) is 4.44. The zero-order valence-electron chi connectivity index (χ0n) is 17.8. The molecule has 0 bridgehead atoms. The minimum Gasteiger partial charge on any atom is -0.491 e. The van der Waals surface area contributed by atoms with E-state index in [0.29, 0.717) is 6.61 Å². The van der Waals surface area contributed by atoms with Gasteiger partial charge in [0, 0.05) is 36.4 Å². The van der Waals surface area contributed by atoms with Crippen molar-refractivity contribution in [2.24, 2.45) is 0 Å². The highest BCUT2D eigenvalue weighted by Gasteiger charge is 2.18. The van der Waals surface area contributed by atoms with E-state index in [1.165, 1.54) is 16.6 Å². The summed E-state index contributed by atoms with van der Waals surface area (Å²) < 4.78 is 6.11. The largest absolute Gasteiger partial charge is 0.491 e. The van der Waals surface area contributed by atoms with E-state index in [1.807, 2.05) is 19.3 Å². The van der Waals surface area contributed by atoms with Crippen molar-refractivity contribution in [3.8, 4) is 16.9 Å². The normalized spacial score (nSPS) is 13.6. The molecule has 0 atom stereocenters. The van der Waals surface area contributed by atoms with Gasteiger partial charge in [-0.3, -0.25) is 4.98 Å². The molecule has 0 fully saturated rings. The number of fused-ring (bicyclic) bond motifs is 3. The van der Waals surface area contributed by atoms with Crippen LogP contribution in [0.25, 0.3) is 33.1 Å². The number of para-hydroxylation sites is 1. The summed E-state index contributed by atoms with van der Waals surface area (Å²) in [5.41, 5.74) is 7.67. The Bertz CT molecular complexity index is 1440. The van der Waals surface area contributed by atoms with Gasteiger partial charge in [0.05, 0.1) is 23.1 Å². The summed E-state index contributed by atoms with van der Waals surface area (Å²) in [6.45, 7) is 2.26. The highest BCUT2D eigenvalue weighted by Crippen LogP contribution is 2.33. The van der Waals surface area contributed by atoms with Crippen LogP contribution in [0, 0.1) is 0 Å². The molecule has 0 spiro atoms. The predicted octanol–water partition coefficient (Wildman–Crippen LogP) is 5.22. The van der Waals surface area contributed by atoms with Gasteiger partial charge in [0.1, 0.15) is 12.4 Å². The Morgan fingerprint density at radius 3 is 2.78 bits per heavy atom. The molecular formula is C26H23N5O. The number of aromatic amines is 1. The van der Waals surface area contributed by atoms with Gasteiger partial charge in [-0.05, 0) is 47.5 Å². The highest BCUT2D eigenvalue weighted by molar-refractivity contribution is 5.91. The van der Waals surface area contributed by atoms with Crippen LogP contribution >= 0.6 is 0 Å². The standard InChI is InChI=1S/C26H23N5O/c1-27-26-29-22-8-6-18(15-23(22)30-26)17-7-9-25-19(14-17)16-31(12-13-32-25)24-10-11-28-21-5-3-2-4-20(21)24/h2-11,14-15H,12-13,16H2,1H3,(H2,27,29,30). The maximum atomic E-state index is 6.11. The summed E-state index contributed by atoms with van der Waals surface area (Å²) in [4.78, 5) is 14.7. The molecule has 3 heterocycles. The molecule has 1 aliphatic heterocycles. The Morgan fingerprint density at radius 2 is 1.84 bits per heavy atom. The first-order valence-corrected chi connectivity index (χ1v) is 10.8. The van der Waals surface area contributed by atoms with E-state index in [9.17, 15) is 0 Å². The third-order valence-corrected chi connectivity index (χ3v) is 6.06. The molecule has 0 saturated heterocycles. The summed E-state index contributed by atoms with van der Waals surface area (Å²) in [7, 11) is 1.86. The van der Waals surface area contributed by atoms with Gasteiger partial charge in [-0.15, -0.1) is 0 Å². The van der Waals surface area contributed by atoms with Gasteiger partial charge in [-0.25, -0.2) is 4.98 Å². The molecule has 158 valence electrons.